The van der Waals surface area contributed by atoms with Crippen LogP contribution in [-0.2, 0) is 11.8 Å². The lowest BCUT2D eigenvalue weighted by atomic mass is 9.95. The van der Waals surface area contributed by atoms with Crippen LogP contribution in [0.5, 0.6) is 0 Å². The molecule has 0 unspecified atom stereocenters. The number of aromatic nitrogens is 3. The Morgan fingerprint density at radius 2 is 1.81 bits per heavy atom. The summed E-state index contributed by atoms with van der Waals surface area (Å²) in [5, 5.41) is 4.49. The van der Waals surface area contributed by atoms with Gasteiger partial charge in [-0.3, -0.25) is 4.79 Å². The third kappa shape index (κ3) is 3.65. The Hall–Kier alpha value is -2.53. The quantitative estimate of drug-likeness (QED) is 0.551. The molecule has 4 rings (SSSR count). The van der Waals surface area contributed by atoms with E-state index in [1.807, 2.05) is 35.2 Å². The molecule has 2 aromatic rings. The first kappa shape index (κ1) is 17.9. The van der Waals surface area contributed by atoms with E-state index in [-0.39, 0.29) is 23.7 Å². The molecule has 0 bridgehead atoms. The summed E-state index contributed by atoms with van der Waals surface area (Å²) in [5.74, 6) is 1.02. The van der Waals surface area contributed by atoms with Crippen LogP contribution in [0.1, 0.15) is 31.0 Å². The Morgan fingerprint density at radius 1 is 1.15 bits per heavy atom. The smallest absolute Gasteiger partial charge is 0.343 e. The first-order valence-corrected chi connectivity index (χ1v) is 9.13. The van der Waals surface area contributed by atoms with Crippen molar-refractivity contribution in [1.29, 1.82) is 0 Å². The van der Waals surface area contributed by atoms with E-state index in [0.29, 0.717) is 19.5 Å². The van der Waals surface area contributed by atoms with Gasteiger partial charge in [0.05, 0.1) is 18.3 Å². The minimum atomic E-state index is -0.145. The van der Waals surface area contributed by atoms with E-state index in [4.69, 9.17) is 0 Å². The van der Waals surface area contributed by atoms with Gasteiger partial charge in [0.25, 0.3) is 0 Å². The maximum atomic E-state index is 12.6. The van der Waals surface area contributed by atoms with Gasteiger partial charge in [-0.1, -0.05) is 18.2 Å². The summed E-state index contributed by atoms with van der Waals surface area (Å²) in [6.45, 7) is 1.33. The maximum Gasteiger partial charge on any atom is 0.350 e. The zero-order chi connectivity index (χ0) is 18.8. The van der Waals surface area contributed by atoms with Gasteiger partial charge in [-0.15, -0.1) is 0 Å². The molecular formula is C17H24N8O2. The van der Waals surface area contributed by atoms with Gasteiger partial charge in [-0.2, -0.15) is 16.2 Å². The number of aryl methyl sites for hydroxylation is 1. The molecule has 10 heteroatoms. The summed E-state index contributed by atoms with van der Waals surface area (Å²) in [4.78, 5) is 26.9. The van der Waals surface area contributed by atoms with Crippen LogP contribution in [0, 0.1) is 0 Å². The molecule has 1 amide bonds. The van der Waals surface area contributed by atoms with Crippen LogP contribution < -0.4 is 27.6 Å². The van der Waals surface area contributed by atoms with Crippen LogP contribution in [-0.4, -0.2) is 44.4 Å². The van der Waals surface area contributed by atoms with Gasteiger partial charge in [-0.25, -0.2) is 24.9 Å². The number of hydrazine groups is 3. The van der Waals surface area contributed by atoms with Crippen LogP contribution in [0.3, 0.4) is 0 Å². The molecule has 144 valence electrons. The SMILES string of the molecule is Cn1nc(C2CCN(C(=O)CC3NNNN3)CC2)n(-c2ccccc2)c1=O. The topological polar surface area (TPSA) is 108 Å². The Labute approximate surface area is 156 Å². The number of piperidine rings is 1. The fourth-order valence-corrected chi connectivity index (χ4v) is 3.64. The van der Waals surface area contributed by atoms with E-state index in [1.54, 1.807) is 11.6 Å². The van der Waals surface area contributed by atoms with Gasteiger partial charge in [0, 0.05) is 26.1 Å². The van der Waals surface area contributed by atoms with Crippen LogP contribution in [0.15, 0.2) is 35.1 Å². The molecule has 0 spiro atoms. The molecule has 10 nitrogen and oxygen atoms in total. The fraction of sp³-hybridized carbons (Fsp3) is 0.471. The molecule has 2 fully saturated rings. The van der Waals surface area contributed by atoms with E-state index in [2.05, 4.69) is 27.0 Å². The second-order valence-corrected chi connectivity index (χ2v) is 6.89. The number of benzene rings is 1. The number of para-hydroxylation sites is 1. The number of carbonyl (C=O) groups is 1. The number of hydrogen-bond acceptors (Lipinski definition) is 7. The highest BCUT2D eigenvalue weighted by molar-refractivity contribution is 5.76. The Kier molecular flexibility index (Phi) is 5.03. The molecule has 3 heterocycles. The van der Waals surface area contributed by atoms with Gasteiger partial charge >= 0.3 is 5.69 Å². The number of rotatable bonds is 4. The van der Waals surface area contributed by atoms with E-state index >= 15 is 0 Å². The third-order valence-corrected chi connectivity index (χ3v) is 5.11. The van der Waals surface area contributed by atoms with Crippen molar-refractivity contribution in [3.05, 3.63) is 46.6 Å². The molecule has 4 N–H and O–H groups in total. The van der Waals surface area contributed by atoms with Gasteiger partial charge in [0.2, 0.25) is 5.91 Å². The zero-order valence-corrected chi connectivity index (χ0v) is 15.2. The summed E-state index contributed by atoms with van der Waals surface area (Å²) in [6, 6.07) is 9.57. The lowest BCUT2D eigenvalue weighted by Gasteiger charge is -2.32. The summed E-state index contributed by atoms with van der Waals surface area (Å²) in [6.07, 6.45) is 1.81. The predicted molar refractivity (Wildman–Crippen MR) is 98.3 cm³/mol. The molecule has 1 aromatic carbocycles. The Balaban J connectivity index is 1.46. The summed E-state index contributed by atoms with van der Waals surface area (Å²) in [5.41, 5.74) is 12.0. The number of amides is 1. The van der Waals surface area contributed by atoms with Gasteiger partial charge in [0.1, 0.15) is 5.82 Å². The van der Waals surface area contributed by atoms with Crippen LogP contribution in [0.25, 0.3) is 5.69 Å². The molecule has 27 heavy (non-hydrogen) atoms. The summed E-state index contributed by atoms with van der Waals surface area (Å²) < 4.78 is 3.07. The van der Waals surface area contributed by atoms with E-state index in [9.17, 15) is 9.59 Å². The predicted octanol–water partition coefficient (Wildman–Crippen LogP) is -0.890. The van der Waals surface area contributed by atoms with Crippen molar-refractivity contribution in [2.75, 3.05) is 13.1 Å². The summed E-state index contributed by atoms with van der Waals surface area (Å²) in [7, 11) is 1.67. The van der Waals surface area contributed by atoms with E-state index < -0.39 is 0 Å². The molecular weight excluding hydrogens is 348 g/mol. The second kappa shape index (κ2) is 7.61. The molecule has 2 aliphatic rings. The first-order valence-electron chi connectivity index (χ1n) is 9.13. The largest absolute Gasteiger partial charge is 0.350 e. The van der Waals surface area contributed by atoms with Crippen molar-refractivity contribution in [2.24, 2.45) is 7.05 Å². The van der Waals surface area contributed by atoms with Crippen molar-refractivity contribution in [1.82, 2.24) is 41.2 Å². The van der Waals surface area contributed by atoms with Gasteiger partial charge < -0.3 is 4.90 Å². The average Bonchev–Trinajstić information content (AvgIpc) is 3.31. The monoisotopic (exact) mass is 372 g/mol. The number of likely N-dealkylation sites (tertiary alicyclic amines) is 1. The highest BCUT2D eigenvalue weighted by Crippen LogP contribution is 2.27. The van der Waals surface area contributed by atoms with Gasteiger partial charge in [-0.05, 0) is 25.0 Å². The van der Waals surface area contributed by atoms with Crippen molar-refractivity contribution in [3.8, 4) is 5.69 Å². The van der Waals surface area contributed by atoms with E-state index in [0.717, 1.165) is 24.4 Å². The Morgan fingerprint density at radius 3 is 2.48 bits per heavy atom. The minimum Gasteiger partial charge on any atom is -0.343 e. The molecule has 2 saturated heterocycles. The first-order chi connectivity index (χ1) is 13.1. The maximum absolute atomic E-state index is 12.6. The number of hydrogen-bond donors (Lipinski definition) is 4. The van der Waals surface area contributed by atoms with Crippen LogP contribution >= 0.6 is 0 Å². The number of carbonyl (C=O) groups excluding carboxylic acids is 1. The molecule has 0 aliphatic carbocycles. The Bertz CT molecular complexity index is 848. The third-order valence-electron chi connectivity index (χ3n) is 5.11. The van der Waals surface area contributed by atoms with E-state index in [1.165, 1.54) is 4.68 Å². The number of nitrogens with zero attached hydrogens (tertiary/aromatic N) is 4. The van der Waals surface area contributed by atoms with Crippen molar-refractivity contribution in [3.63, 3.8) is 0 Å². The second-order valence-electron chi connectivity index (χ2n) is 6.89. The normalized spacial score (nSPS) is 18.9. The standard InChI is InChI=1S/C17H24N8O2/c1-23-17(27)25(13-5-3-2-4-6-13)16(20-23)12-7-9-24(10-8-12)15(26)11-14-18-21-22-19-14/h2-6,12,14,18-19,21-22H,7-11H2,1H3. The lowest BCUT2D eigenvalue weighted by molar-refractivity contribution is -0.132. The molecule has 0 saturated carbocycles. The molecule has 1 aromatic heterocycles. The molecule has 2 aliphatic heterocycles. The average molecular weight is 372 g/mol. The van der Waals surface area contributed by atoms with Gasteiger partial charge in [0.15, 0.2) is 0 Å². The lowest BCUT2D eigenvalue weighted by Crippen LogP contribution is -2.44. The molecule has 0 radical (unpaired) electrons. The zero-order valence-electron chi connectivity index (χ0n) is 15.2. The highest BCUT2D eigenvalue weighted by Gasteiger charge is 2.29. The van der Waals surface area contributed by atoms with Crippen molar-refractivity contribution in [2.45, 2.75) is 31.3 Å². The number of nitrogens with one attached hydrogen (secondary N) is 4. The van der Waals surface area contributed by atoms with Crippen molar-refractivity contribution < 1.29 is 4.79 Å². The fourth-order valence-electron chi connectivity index (χ4n) is 3.64. The highest BCUT2D eigenvalue weighted by atomic mass is 16.2. The van der Waals surface area contributed by atoms with Crippen LogP contribution in [0.4, 0.5) is 0 Å². The van der Waals surface area contributed by atoms with Crippen molar-refractivity contribution >= 4 is 5.91 Å². The van der Waals surface area contributed by atoms with Crippen LogP contribution in [0.2, 0.25) is 0 Å². The summed E-state index contributed by atoms with van der Waals surface area (Å²) >= 11 is 0. The minimum absolute atomic E-state index is 0.102. The molecule has 0 atom stereocenters.